The molecule has 3 aromatic rings. The SMILES string of the molecule is COC(=O)c1cnc2[nH]c(CC(c3ccc(S(C)(=O)=O)cc3)C3CCCC3)cc2c1. The first-order valence-corrected chi connectivity index (χ1v) is 12.1. The summed E-state index contributed by atoms with van der Waals surface area (Å²) in [5.74, 6) is 0.468. The van der Waals surface area contributed by atoms with E-state index in [9.17, 15) is 13.2 Å². The van der Waals surface area contributed by atoms with Gasteiger partial charge in [0.05, 0.1) is 17.6 Å². The fourth-order valence-electron chi connectivity index (χ4n) is 4.53. The van der Waals surface area contributed by atoms with Gasteiger partial charge in [-0.2, -0.15) is 0 Å². The molecular formula is C23H26N2O4S. The van der Waals surface area contributed by atoms with Crippen LogP contribution in [0.1, 0.15) is 53.2 Å². The molecule has 1 N–H and O–H groups in total. The Morgan fingerprint density at radius 1 is 1.20 bits per heavy atom. The van der Waals surface area contributed by atoms with Gasteiger partial charge in [0.25, 0.3) is 0 Å². The molecule has 2 heterocycles. The molecule has 1 fully saturated rings. The molecule has 4 rings (SSSR count). The van der Waals surface area contributed by atoms with Gasteiger partial charge in [0.1, 0.15) is 5.65 Å². The van der Waals surface area contributed by atoms with Gasteiger partial charge in [-0.15, -0.1) is 0 Å². The molecule has 0 saturated heterocycles. The second-order valence-corrected chi connectivity index (χ2v) is 10.2. The van der Waals surface area contributed by atoms with Gasteiger partial charge >= 0.3 is 5.97 Å². The number of rotatable bonds is 6. The maximum absolute atomic E-state index is 11.8. The van der Waals surface area contributed by atoms with Crippen LogP contribution in [0.15, 0.2) is 47.5 Å². The third kappa shape index (κ3) is 4.26. The van der Waals surface area contributed by atoms with Crippen LogP contribution in [0.5, 0.6) is 0 Å². The molecule has 0 aliphatic heterocycles. The van der Waals surface area contributed by atoms with Crippen molar-refractivity contribution in [3.8, 4) is 0 Å². The maximum atomic E-state index is 11.8. The molecule has 1 aromatic carbocycles. The Hall–Kier alpha value is -2.67. The number of sulfone groups is 1. The molecule has 7 heteroatoms. The van der Waals surface area contributed by atoms with Crippen molar-refractivity contribution in [1.29, 1.82) is 0 Å². The van der Waals surface area contributed by atoms with Gasteiger partial charge < -0.3 is 9.72 Å². The Bertz CT molecular complexity index is 1160. The summed E-state index contributed by atoms with van der Waals surface area (Å²) in [6, 6.07) is 11.2. The van der Waals surface area contributed by atoms with Crippen LogP contribution in [-0.4, -0.2) is 37.7 Å². The Morgan fingerprint density at radius 3 is 2.53 bits per heavy atom. The van der Waals surface area contributed by atoms with Crippen molar-refractivity contribution in [2.45, 2.75) is 42.9 Å². The van der Waals surface area contributed by atoms with Crippen LogP contribution in [-0.2, 0) is 21.0 Å². The van der Waals surface area contributed by atoms with Crippen LogP contribution in [0, 0.1) is 5.92 Å². The first-order valence-electron chi connectivity index (χ1n) is 10.2. The number of H-pyrrole nitrogens is 1. The van der Waals surface area contributed by atoms with Crippen molar-refractivity contribution in [3.05, 3.63) is 59.4 Å². The lowest BCUT2D eigenvalue weighted by Gasteiger charge is -2.24. The molecule has 0 amide bonds. The van der Waals surface area contributed by atoms with E-state index in [1.807, 2.05) is 18.2 Å². The molecule has 0 spiro atoms. The van der Waals surface area contributed by atoms with Gasteiger partial charge in [-0.3, -0.25) is 0 Å². The van der Waals surface area contributed by atoms with Crippen molar-refractivity contribution in [2.75, 3.05) is 13.4 Å². The highest BCUT2D eigenvalue weighted by Gasteiger charge is 2.27. The number of esters is 1. The fourth-order valence-corrected chi connectivity index (χ4v) is 5.16. The van der Waals surface area contributed by atoms with Crippen LogP contribution >= 0.6 is 0 Å². The number of pyridine rings is 1. The third-order valence-corrected chi connectivity index (χ3v) is 7.22. The summed E-state index contributed by atoms with van der Waals surface area (Å²) >= 11 is 0. The van der Waals surface area contributed by atoms with E-state index in [-0.39, 0.29) is 0 Å². The average molecular weight is 427 g/mol. The highest BCUT2D eigenvalue weighted by atomic mass is 32.2. The minimum absolute atomic E-state index is 0.300. The highest BCUT2D eigenvalue weighted by Crippen LogP contribution is 2.39. The predicted octanol–water partition coefficient (Wildman–Crippen LogP) is 4.27. The fraction of sp³-hybridized carbons (Fsp3) is 0.391. The normalized spacial score (nSPS) is 16.1. The van der Waals surface area contributed by atoms with Gasteiger partial charge in [-0.25, -0.2) is 18.2 Å². The lowest BCUT2D eigenvalue weighted by molar-refractivity contribution is 0.0600. The van der Waals surface area contributed by atoms with E-state index in [4.69, 9.17) is 4.74 Å². The number of hydrogen-bond donors (Lipinski definition) is 1. The van der Waals surface area contributed by atoms with E-state index in [0.29, 0.717) is 22.3 Å². The molecule has 6 nitrogen and oxygen atoms in total. The summed E-state index contributed by atoms with van der Waals surface area (Å²) in [5, 5.41) is 0.880. The molecule has 2 aromatic heterocycles. The number of nitrogens with one attached hydrogen (secondary N) is 1. The summed E-state index contributed by atoms with van der Waals surface area (Å²) in [4.78, 5) is 19.9. The summed E-state index contributed by atoms with van der Waals surface area (Å²) < 4.78 is 28.4. The van der Waals surface area contributed by atoms with E-state index in [1.165, 1.54) is 45.2 Å². The zero-order valence-corrected chi connectivity index (χ0v) is 18.0. The molecule has 1 saturated carbocycles. The number of nitrogens with zero attached hydrogens (tertiary/aromatic N) is 1. The average Bonchev–Trinajstić information content (AvgIpc) is 3.39. The Balaban J connectivity index is 1.64. The molecule has 1 unspecified atom stereocenters. The van der Waals surface area contributed by atoms with Gasteiger partial charge in [-0.1, -0.05) is 25.0 Å². The van der Waals surface area contributed by atoms with Crippen LogP contribution in [0.25, 0.3) is 11.0 Å². The van der Waals surface area contributed by atoms with Crippen LogP contribution < -0.4 is 0 Å². The third-order valence-electron chi connectivity index (χ3n) is 6.09. The Kier molecular flexibility index (Phi) is 5.64. The number of hydrogen-bond acceptors (Lipinski definition) is 5. The van der Waals surface area contributed by atoms with E-state index in [1.54, 1.807) is 18.2 Å². The minimum atomic E-state index is -3.21. The Morgan fingerprint density at radius 2 is 1.90 bits per heavy atom. The number of carbonyl (C=O) groups is 1. The number of ether oxygens (including phenoxy) is 1. The molecular weight excluding hydrogens is 400 g/mol. The summed E-state index contributed by atoms with van der Waals surface area (Å²) in [6.45, 7) is 0. The first-order chi connectivity index (χ1) is 14.3. The monoisotopic (exact) mass is 426 g/mol. The van der Waals surface area contributed by atoms with Crippen molar-refractivity contribution in [2.24, 2.45) is 5.92 Å². The minimum Gasteiger partial charge on any atom is -0.465 e. The van der Waals surface area contributed by atoms with Crippen LogP contribution in [0.3, 0.4) is 0 Å². The molecule has 1 aliphatic carbocycles. The summed E-state index contributed by atoms with van der Waals surface area (Å²) in [6.07, 6.45) is 8.40. The van der Waals surface area contributed by atoms with Crippen molar-refractivity contribution in [3.63, 3.8) is 0 Å². The second kappa shape index (κ2) is 8.22. The zero-order valence-electron chi connectivity index (χ0n) is 17.2. The van der Waals surface area contributed by atoms with Crippen LogP contribution in [0.2, 0.25) is 0 Å². The quantitative estimate of drug-likeness (QED) is 0.595. The van der Waals surface area contributed by atoms with Crippen molar-refractivity contribution < 1.29 is 17.9 Å². The Labute approximate surface area is 176 Å². The largest absolute Gasteiger partial charge is 0.465 e. The van der Waals surface area contributed by atoms with Gasteiger partial charge in [0.2, 0.25) is 0 Å². The highest BCUT2D eigenvalue weighted by molar-refractivity contribution is 7.90. The number of aromatic nitrogens is 2. The number of aromatic amines is 1. The van der Waals surface area contributed by atoms with Crippen LogP contribution in [0.4, 0.5) is 0 Å². The van der Waals surface area contributed by atoms with Gasteiger partial charge in [0, 0.05) is 23.5 Å². The lowest BCUT2D eigenvalue weighted by Crippen LogP contribution is -2.13. The zero-order chi connectivity index (χ0) is 21.3. The standard InChI is InChI=1S/C23H26N2O4S/c1-29-23(26)18-11-17-12-19(25-22(17)24-14-18)13-21(15-5-3-4-6-15)16-7-9-20(10-8-16)30(2,27)28/h7-12,14-15,21H,3-6,13H2,1-2H3,(H,24,25). The van der Waals surface area contributed by atoms with Crippen molar-refractivity contribution >= 4 is 26.8 Å². The molecule has 30 heavy (non-hydrogen) atoms. The second-order valence-electron chi connectivity index (χ2n) is 8.14. The number of carbonyl (C=O) groups excluding carboxylic acids is 1. The summed E-state index contributed by atoms with van der Waals surface area (Å²) in [5.41, 5.74) is 3.40. The van der Waals surface area contributed by atoms with E-state index in [0.717, 1.165) is 28.7 Å². The molecule has 158 valence electrons. The lowest BCUT2D eigenvalue weighted by atomic mass is 9.82. The van der Waals surface area contributed by atoms with E-state index < -0.39 is 15.8 Å². The van der Waals surface area contributed by atoms with E-state index in [2.05, 4.69) is 9.97 Å². The smallest absolute Gasteiger partial charge is 0.339 e. The van der Waals surface area contributed by atoms with Gasteiger partial charge in [-0.05, 0) is 60.9 Å². The number of methoxy groups -OCH3 is 1. The molecule has 1 aliphatic rings. The molecule has 0 bridgehead atoms. The van der Waals surface area contributed by atoms with E-state index >= 15 is 0 Å². The maximum Gasteiger partial charge on any atom is 0.339 e. The van der Waals surface area contributed by atoms with Crippen molar-refractivity contribution in [1.82, 2.24) is 9.97 Å². The predicted molar refractivity (Wildman–Crippen MR) is 115 cm³/mol. The summed E-state index contributed by atoms with van der Waals surface area (Å²) in [7, 11) is -1.85. The topological polar surface area (TPSA) is 89.1 Å². The van der Waals surface area contributed by atoms with Gasteiger partial charge in [0.15, 0.2) is 9.84 Å². The number of fused-ring (bicyclic) bond motifs is 1. The molecule has 1 atom stereocenters. The molecule has 0 radical (unpaired) electrons. The first kappa shape index (κ1) is 20.6. The number of benzene rings is 1.